The highest BCUT2D eigenvalue weighted by Crippen LogP contribution is 2.36. The van der Waals surface area contributed by atoms with Crippen LogP contribution in [0.5, 0.6) is 0 Å². The number of halogens is 1. The van der Waals surface area contributed by atoms with Crippen molar-refractivity contribution in [3.8, 4) is 11.1 Å². The number of anilines is 1. The van der Waals surface area contributed by atoms with Gasteiger partial charge in [0, 0.05) is 40.0 Å². The number of hydrogen-bond acceptors (Lipinski definition) is 4. The summed E-state index contributed by atoms with van der Waals surface area (Å²) in [6.45, 7) is 4.23. The molecule has 4 aromatic rings. The molecule has 1 saturated carbocycles. The Morgan fingerprint density at radius 3 is 2.77 bits per heavy atom. The van der Waals surface area contributed by atoms with Crippen LogP contribution < -0.4 is 5.32 Å². The highest BCUT2D eigenvalue weighted by molar-refractivity contribution is 6.11. The van der Waals surface area contributed by atoms with Crippen LogP contribution in [-0.2, 0) is 11.2 Å². The molecule has 0 spiro atoms. The number of rotatable bonds is 5. The third kappa shape index (κ3) is 3.20. The molecule has 3 aromatic heterocycles. The molecule has 152 valence electrons. The van der Waals surface area contributed by atoms with Crippen molar-refractivity contribution in [1.82, 2.24) is 19.9 Å². The number of carbonyl (C=O) groups excluding carboxylic acids is 1. The topological polar surface area (TPSA) is 83.6 Å². The Bertz CT molecular complexity index is 1280. The molecule has 1 amide bonds. The summed E-state index contributed by atoms with van der Waals surface area (Å²) in [5.41, 5.74) is 5.97. The number of aromatic amines is 1. The SMILES string of the molecule is CCCc1cc(C)c(-c2cc3cnc(NC(=O)C4CC4F)cc3c3[nH]cnc23)cn1. The molecule has 1 aliphatic rings. The van der Waals surface area contributed by atoms with Crippen LogP contribution >= 0.6 is 0 Å². The Morgan fingerprint density at radius 2 is 2.03 bits per heavy atom. The van der Waals surface area contributed by atoms with E-state index in [1.54, 1.807) is 12.5 Å². The minimum Gasteiger partial charge on any atom is -0.344 e. The Morgan fingerprint density at radius 1 is 1.20 bits per heavy atom. The first-order valence-electron chi connectivity index (χ1n) is 10.2. The lowest BCUT2D eigenvalue weighted by atomic mass is 9.97. The van der Waals surface area contributed by atoms with Crippen LogP contribution in [0.4, 0.5) is 10.2 Å². The first-order chi connectivity index (χ1) is 14.5. The number of aromatic nitrogens is 4. The Hall–Kier alpha value is -3.35. The van der Waals surface area contributed by atoms with Crippen molar-refractivity contribution in [2.45, 2.75) is 39.3 Å². The van der Waals surface area contributed by atoms with Crippen molar-refractivity contribution in [2.24, 2.45) is 5.92 Å². The zero-order valence-corrected chi connectivity index (χ0v) is 16.9. The predicted molar refractivity (Wildman–Crippen MR) is 115 cm³/mol. The summed E-state index contributed by atoms with van der Waals surface area (Å²) >= 11 is 0. The molecule has 2 atom stereocenters. The molecular formula is C23H22FN5O. The van der Waals surface area contributed by atoms with Gasteiger partial charge in [-0.05, 0) is 43.5 Å². The summed E-state index contributed by atoms with van der Waals surface area (Å²) in [6.07, 6.45) is 6.58. The van der Waals surface area contributed by atoms with Crippen LogP contribution in [0, 0.1) is 12.8 Å². The minimum absolute atomic E-state index is 0.290. The zero-order chi connectivity index (χ0) is 20.8. The number of alkyl halides is 1. The van der Waals surface area contributed by atoms with Gasteiger partial charge in [-0.15, -0.1) is 0 Å². The molecular weight excluding hydrogens is 381 g/mol. The number of nitrogens with one attached hydrogen (secondary N) is 2. The number of fused-ring (bicyclic) bond motifs is 3. The molecule has 6 nitrogen and oxygen atoms in total. The maximum absolute atomic E-state index is 13.2. The number of amides is 1. The number of imidazole rings is 1. The van der Waals surface area contributed by atoms with E-state index in [9.17, 15) is 9.18 Å². The van der Waals surface area contributed by atoms with Gasteiger partial charge in [-0.25, -0.2) is 14.4 Å². The fourth-order valence-electron chi connectivity index (χ4n) is 3.94. The minimum atomic E-state index is -1.03. The van der Waals surface area contributed by atoms with Crippen molar-refractivity contribution < 1.29 is 9.18 Å². The van der Waals surface area contributed by atoms with E-state index in [-0.39, 0.29) is 12.3 Å². The van der Waals surface area contributed by atoms with Crippen molar-refractivity contribution in [2.75, 3.05) is 5.32 Å². The van der Waals surface area contributed by atoms with Crippen molar-refractivity contribution >= 4 is 33.5 Å². The van der Waals surface area contributed by atoms with E-state index in [1.165, 1.54) is 0 Å². The summed E-state index contributed by atoms with van der Waals surface area (Å²) in [7, 11) is 0. The van der Waals surface area contributed by atoms with E-state index in [1.807, 2.05) is 12.3 Å². The Labute approximate surface area is 173 Å². The molecule has 0 aliphatic heterocycles. The van der Waals surface area contributed by atoms with Gasteiger partial charge in [-0.3, -0.25) is 9.78 Å². The van der Waals surface area contributed by atoms with Crippen molar-refractivity contribution in [3.05, 3.63) is 48.2 Å². The maximum Gasteiger partial charge on any atom is 0.231 e. The third-order valence-electron chi connectivity index (χ3n) is 5.66. The van der Waals surface area contributed by atoms with E-state index in [0.717, 1.165) is 57.0 Å². The van der Waals surface area contributed by atoms with Crippen LogP contribution in [0.2, 0.25) is 0 Å². The third-order valence-corrected chi connectivity index (χ3v) is 5.66. The largest absolute Gasteiger partial charge is 0.344 e. The second-order valence-electron chi connectivity index (χ2n) is 7.93. The first-order valence-corrected chi connectivity index (χ1v) is 10.2. The summed E-state index contributed by atoms with van der Waals surface area (Å²) in [5.74, 6) is -0.457. The van der Waals surface area contributed by atoms with Gasteiger partial charge in [0.05, 0.1) is 23.3 Å². The predicted octanol–water partition coefficient (Wildman–Crippen LogP) is 4.73. The average molecular weight is 403 g/mol. The zero-order valence-electron chi connectivity index (χ0n) is 16.9. The molecule has 0 radical (unpaired) electrons. The molecule has 0 saturated heterocycles. The van der Waals surface area contributed by atoms with Crippen LogP contribution in [0.15, 0.2) is 36.9 Å². The monoisotopic (exact) mass is 403 g/mol. The maximum atomic E-state index is 13.2. The summed E-state index contributed by atoms with van der Waals surface area (Å²) in [6, 6.07) is 6.00. The van der Waals surface area contributed by atoms with E-state index >= 15 is 0 Å². The lowest BCUT2D eigenvalue weighted by molar-refractivity contribution is -0.117. The summed E-state index contributed by atoms with van der Waals surface area (Å²) < 4.78 is 13.2. The van der Waals surface area contributed by atoms with Crippen LogP contribution in [0.1, 0.15) is 31.0 Å². The molecule has 5 rings (SSSR count). The number of hydrogen-bond donors (Lipinski definition) is 2. The van der Waals surface area contributed by atoms with Gasteiger partial charge in [0.15, 0.2) is 0 Å². The van der Waals surface area contributed by atoms with E-state index in [4.69, 9.17) is 0 Å². The van der Waals surface area contributed by atoms with Gasteiger partial charge in [0.1, 0.15) is 12.0 Å². The summed E-state index contributed by atoms with van der Waals surface area (Å²) in [5, 5.41) is 4.55. The molecule has 1 fully saturated rings. The lowest BCUT2D eigenvalue weighted by Gasteiger charge is -2.11. The summed E-state index contributed by atoms with van der Waals surface area (Å²) in [4.78, 5) is 28.8. The standard InChI is InChI=1S/C23H22FN5O/c1-3-4-14-5-12(2)18(10-25-14)16-6-13-9-26-20(29-23(30)17-7-19(17)24)8-15(13)21-22(16)28-11-27-21/h5-6,8-11,17,19H,3-4,7H2,1-2H3,(H,27,28)(H,26,29,30). The molecule has 1 aliphatic carbocycles. The Balaban J connectivity index is 1.58. The van der Waals surface area contributed by atoms with Gasteiger partial charge < -0.3 is 10.3 Å². The Kier molecular flexibility index (Phi) is 4.46. The van der Waals surface area contributed by atoms with Crippen LogP contribution in [-0.4, -0.2) is 32.0 Å². The van der Waals surface area contributed by atoms with Gasteiger partial charge >= 0.3 is 0 Å². The van der Waals surface area contributed by atoms with Crippen molar-refractivity contribution in [3.63, 3.8) is 0 Å². The van der Waals surface area contributed by atoms with Gasteiger partial charge in [0.2, 0.25) is 5.91 Å². The normalized spacial score (nSPS) is 18.1. The lowest BCUT2D eigenvalue weighted by Crippen LogP contribution is -2.15. The van der Waals surface area contributed by atoms with Gasteiger partial charge in [-0.1, -0.05) is 13.3 Å². The second kappa shape index (κ2) is 7.16. The number of H-pyrrole nitrogens is 1. The average Bonchev–Trinajstić information content (AvgIpc) is 3.26. The highest BCUT2D eigenvalue weighted by atomic mass is 19.1. The number of carbonyl (C=O) groups is 1. The smallest absolute Gasteiger partial charge is 0.231 e. The van der Waals surface area contributed by atoms with Gasteiger partial charge in [0.25, 0.3) is 0 Å². The van der Waals surface area contributed by atoms with Crippen molar-refractivity contribution in [1.29, 1.82) is 0 Å². The number of pyridine rings is 2. The molecule has 30 heavy (non-hydrogen) atoms. The second-order valence-corrected chi connectivity index (χ2v) is 7.93. The quantitative estimate of drug-likeness (QED) is 0.505. The molecule has 0 bridgehead atoms. The molecule has 1 aromatic carbocycles. The molecule has 2 unspecified atom stereocenters. The fourth-order valence-corrected chi connectivity index (χ4v) is 3.94. The van der Waals surface area contributed by atoms with Crippen LogP contribution in [0.25, 0.3) is 32.9 Å². The molecule has 7 heteroatoms. The number of aryl methyl sites for hydroxylation is 2. The van der Waals surface area contributed by atoms with E-state index in [2.05, 4.69) is 51.2 Å². The number of benzene rings is 1. The van der Waals surface area contributed by atoms with E-state index in [0.29, 0.717) is 5.82 Å². The molecule has 2 N–H and O–H groups in total. The molecule has 3 heterocycles. The van der Waals surface area contributed by atoms with E-state index < -0.39 is 12.1 Å². The van der Waals surface area contributed by atoms with Crippen LogP contribution in [0.3, 0.4) is 0 Å². The fraction of sp³-hybridized carbons (Fsp3) is 0.304. The van der Waals surface area contributed by atoms with Gasteiger partial charge in [-0.2, -0.15) is 0 Å². The first kappa shape index (κ1) is 18.7. The highest BCUT2D eigenvalue weighted by Gasteiger charge is 2.43. The number of nitrogens with zero attached hydrogens (tertiary/aromatic N) is 3.